The number of phenolic OH excluding ortho intramolecular Hbond substituents is 1. The summed E-state index contributed by atoms with van der Waals surface area (Å²) in [6, 6.07) is 6.08. The zero-order valence-electron chi connectivity index (χ0n) is 9.98. The zero-order chi connectivity index (χ0) is 14.3. The van der Waals surface area contributed by atoms with Crippen LogP contribution in [0.25, 0.3) is 6.08 Å². The molecule has 6 heteroatoms. The molecule has 3 nitrogen and oxygen atoms in total. The van der Waals surface area contributed by atoms with Crippen LogP contribution in [0.5, 0.6) is 5.75 Å². The second-order valence-corrected chi connectivity index (χ2v) is 3.81. The minimum Gasteiger partial charge on any atom is -0.508 e. The van der Waals surface area contributed by atoms with Crippen LogP contribution in [-0.4, -0.2) is 23.9 Å². The third-order valence-electron chi connectivity index (χ3n) is 2.15. The highest BCUT2D eigenvalue weighted by Crippen LogP contribution is 2.21. The molecule has 0 atom stereocenters. The van der Waals surface area contributed by atoms with Gasteiger partial charge < -0.3 is 9.84 Å². The molecule has 0 saturated heterocycles. The first-order valence-corrected chi connectivity index (χ1v) is 5.57. The van der Waals surface area contributed by atoms with Crippen molar-refractivity contribution >= 4 is 12.0 Å². The Morgan fingerprint density at radius 2 is 1.89 bits per heavy atom. The minimum atomic E-state index is -4.23. The molecular weight excluding hydrogens is 261 g/mol. The summed E-state index contributed by atoms with van der Waals surface area (Å²) in [7, 11) is 0. The summed E-state index contributed by atoms with van der Waals surface area (Å²) < 4.78 is 40.0. The molecular formula is C13H13F3O3. The van der Waals surface area contributed by atoms with Gasteiger partial charge in [-0.3, -0.25) is 0 Å². The summed E-state index contributed by atoms with van der Waals surface area (Å²) in [4.78, 5) is 11.2. The van der Waals surface area contributed by atoms with Crippen molar-refractivity contribution in [3.8, 4) is 5.75 Å². The lowest BCUT2D eigenvalue weighted by Crippen LogP contribution is -2.10. The Balaban J connectivity index is 2.29. The third kappa shape index (κ3) is 7.13. The highest BCUT2D eigenvalue weighted by Gasteiger charge is 2.26. The number of rotatable bonds is 5. The number of carbonyl (C=O) groups is 1. The smallest absolute Gasteiger partial charge is 0.389 e. The first-order valence-electron chi connectivity index (χ1n) is 5.57. The van der Waals surface area contributed by atoms with E-state index in [2.05, 4.69) is 4.74 Å². The number of phenols is 1. The molecule has 0 aliphatic heterocycles. The molecule has 0 radical (unpaired) electrons. The summed E-state index contributed by atoms with van der Waals surface area (Å²) in [5.74, 6) is -0.595. The van der Waals surface area contributed by atoms with Crippen LogP contribution in [0.15, 0.2) is 30.3 Å². The van der Waals surface area contributed by atoms with Crippen molar-refractivity contribution in [3.63, 3.8) is 0 Å². The second kappa shape index (κ2) is 6.82. The summed E-state index contributed by atoms with van der Waals surface area (Å²) in [6.45, 7) is -0.266. The van der Waals surface area contributed by atoms with Gasteiger partial charge in [0, 0.05) is 12.5 Å². The molecule has 104 valence electrons. The van der Waals surface area contributed by atoms with Crippen molar-refractivity contribution in [1.82, 2.24) is 0 Å². The van der Waals surface area contributed by atoms with Crippen molar-refractivity contribution < 1.29 is 27.8 Å². The standard InChI is InChI=1S/C13H13F3O3/c14-13(15,16)8-1-9-19-12(18)7-4-10-2-5-11(17)6-3-10/h2-7,17H,1,8-9H2/b7-4+. The Labute approximate surface area is 108 Å². The number of carbonyl (C=O) groups excluding carboxylic acids is 1. The fraction of sp³-hybridized carbons (Fsp3) is 0.308. The maximum atomic E-state index is 11.8. The number of aromatic hydroxyl groups is 1. The maximum Gasteiger partial charge on any atom is 0.389 e. The predicted octanol–water partition coefficient (Wildman–Crippen LogP) is 3.29. The molecule has 0 aliphatic rings. The normalized spacial score (nSPS) is 11.7. The molecule has 1 aromatic carbocycles. The van der Waals surface area contributed by atoms with Crippen molar-refractivity contribution in [2.45, 2.75) is 19.0 Å². The molecule has 1 rings (SSSR count). The van der Waals surface area contributed by atoms with Gasteiger partial charge in [0.05, 0.1) is 6.61 Å². The van der Waals surface area contributed by atoms with Gasteiger partial charge in [-0.15, -0.1) is 0 Å². The van der Waals surface area contributed by atoms with E-state index in [-0.39, 0.29) is 18.8 Å². The fourth-order valence-corrected chi connectivity index (χ4v) is 1.24. The van der Waals surface area contributed by atoms with E-state index in [0.29, 0.717) is 5.56 Å². The third-order valence-corrected chi connectivity index (χ3v) is 2.15. The Kier molecular flexibility index (Phi) is 5.41. The predicted molar refractivity (Wildman–Crippen MR) is 63.4 cm³/mol. The van der Waals surface area contributed by atoms with Gasteiger partial charge in [0.1, 0.15) is 5.75 Å². The molecule has 1 N–H and O–H groups in total. The van der Waals surface area contributed by atoms with Crippen LogP contribution in [0.2, 0.25) is 0 Å². The molecule has 1 aromatic rings. The van der Waals surface area contributed by atoms with E-state index < -0.39 is 18.6 Å². The van der Waals surface area contributed by atoms with E-state index in [0.717, 1.165) is 6.08 Å². The van der Waals surface area contributed by atoms with E-state index in [1.54, 1.807) is 12.1 Å². The van der Waals surface area contributed by atoms with Gasteiger partial charge in [0.15, 0.2) is 0 Å². The Morgan fingerprint density at radius 1 is 1.26 bits per heavy atom. The van der Waals surface area contributed by atoms with Crippen LogP contribution in [0, 0.1) is 0 Å². The van der Waals surface area contributed by atoms with E-state index in [4.69, 9.17) is 5.11 Å². The first kappa shape index (κ1) is 15.1. The van der Waals surface area contributed by atoms with Gasteiger partial charge in [-0.25, -0.2) is 4.79 Å². The summed E-state index contributed by atoms with van der Waals surface area (Å²) in [5, 5.41) is 9.04. The van der Waals surface area contributed by atoms with Gasteiger partial charge in [0.2, 0.25) is 0 Å². The molecule has 0 aromatic heterocycles. The largest absolute Gasteiger partial charge is 0.508 e. The lowest BCUT2D eigenvalue weighted by molar-refractivity contribution is -0.146. The van der Waals surface area contributed by atoms with Gasteiger partial charge >= 0.3 is 12.1 Å². The van der Waals surface area contributed by atoms with Gasteiger partial charge in [0.25, 0.3) is 0 Å². The van der Waals surface area contributed by atoms with Crippen LogP contribution in [0.1, 0.15) is 18.4 Å². The number of hydrogen-bond donors (Lipinski definition) is 1. The van der Waals surface area contributed by atoms with Crippen molar-refractivity contribution in [3.05, 3.63) is 35.9 Å². The average molecular weight is 274 g/mol. The van der Waals surface area contributed by atoms with Gasteiger partial charge in [-0.05, 0) is 30.2 Å². The minimum absolute atomic E-state index is 0.104. The molecule has 0 amide bonds. The van der Waals surface area contributed by atoms with Crippen LogP contribution >= 0.6 is 0 Å². The summed E-state index contributed by atoms with van der Waals surface area (Å²) in [6.07, 6.45) is -2.87. The number of halogens is 3. The fourth-order valence-electron chi connectivity index (χ4n) is 1.24. The average Bonchev–Trinajstić information content (AvgIpc) is 2.33. The van der Waals surface area contributed by atoms with Crippen molar-refractivity contribution in [2.24, 2.45) is 0 Å². The first-order chi connectivity index (χ1) is 8.87. The summed E-state index contributed by atoms with van der Waals surface area (Å²) in [5.41, 5.74) is 0.671. The number of benzene rings is 1. The molecule has 0 bridgehead atoms. The van der Waals surface area contributed by atoms with Crippen molar-refractivity contribution in [1.29, 1.82) is 0 Å². The molecule has 0 saturated carbocycles. The second-order valence-electron chi connectivity index (χ2n) is 3.81. The number of esters is 1. The topological polar surface area (TPSA) is 46.5 Å². The van der Waals surface area contributed by atoms with E-state index >= 15 is 0 Å². The number of hydrogen-bond acceptors (Lipinski definition) is 3. The summed E-state index contributed by atoms with van der Waals surface area (Å²) >= 11 is 0. The van der Waals surface area contributed by atoms with Crippen LogP contribution in [0.4, 0.5) is 13.2 Å². The van der Waals surface area contributed by atoms with Gasteiger partial charge in [-0.1, -0.05) is 12.1 Å². The molecule has 19 heavy (non-hydrogen) atoms. The van der Waals surface area contributed by atoms with Crippen LogP contribution in [-0.2, 0) is 9.53 Å². The highest BCUT2D eigenvalue weighted by molar-refractivity contribution is 5.87. The Hall–Kier alpha value is -1.98. The Morgan fingerprint density at radius 3 is 2.47 bits per heavy atom. The lowest BCUT2D eigenvalue weighted by atomic mass is 10.2. The molecule has 0 heterocycles. The van der Waals surface area contributed by atoms with E-state index in [1.807, 2.05) is 0 Å². The highest BCUT2D eigenvalue weighted by atomic mass is 19.4. The maximum absolute atomic E-state index is 11.8. The Bertz CT molecular complexity index is 435. The van der Waals surface area contributed by atoms with Gasteiger partial charge in [-0.2, -0.15) is 13.2 Å². The monoisotopic (exact) mass is 274 g/mol. The van der Waals surface area contributed by atoms with E-state index in [9.17, 15) is 18.0 Å². The zero-order valence-corrected chi connectivity index (χ0v) is 9.98. The molecule has 0 aliphatic carbocycles. The lowest BCUT2D eigenvalue weighted by Gasteiger charge is -2.05. The number of ether oxygens (including phenoxy) is 1. The number of alkyl halides is 3. The molecule has 0 fully saturated rings. The van der Waals surface area contributed by atoms with Crippen LogP contribution in [0.3, 0.4) is 0 Å². The molecule has 0 spiro atoms. The van der Waals surface area contributed by atoms with Crippen LogP contribution < -0.4 is 0 Å². The van der Waals surface area contributed by atoms with Crippen molar-refractivity contribution in [2.75, 3.05) is 6.61 Å². The SMILES string of the molecule is O=C(/C=C/c1ccc(O)cc1)OCCCC(F)(F)F. The van der Waals surface area contributed by atoms with E-state index in [1.165, 1.54) is 18.2 Å². The quantitative estimate of drug-likeness (QED) is 0.509. The molecule has 0 unspecified atom stereocenters.